The van der Waals surface area contributed by atoms with E-state index >= 15 is 0 Å². The first-order valence-electron chi connectivity index (χ1n) is 15.9. The number of benzene rings is 2. The minimum Gasteiger partial charge on any atom is -0.392 e. The van der Waals surface area contributed by atoms with Crippen LogP contribution in [-0.2, 0) is 39.8 Å². The van der Waals surface area contributed by atoms with Crippen LogP contribution in [0.3, 0.4) is 0 Å². The van der Waals surface area contributed by atoms with Crippen molar-refractivity contribution in [2.75, 3.05) is 0 Å². The fourth-order valence-corrected chi connectivity index (χ4v) is 6.47. The zero-order valence-electron chi connectivity index (χ0n) is 27.1. The maximum Gasteiger partial charge on any atom is 0.418 e. The second-order valence-corrected chi connectivity index (χ2v) is 13.1. The number of thiocarbonyl (C=S) groups is 1. The molecule has 48 heavy (non-hydrogen) atoms. The van der Waals surface area contributed by atoms with Crippen LogP contribution in [0.2, 0.25) is 0 Å². The third kappa shape index (κ3) is 7.63. The van der Waals surface area contributed by atoms with Gasteiger partial charge in [0, 0.05) is 23.1 Å². The maximum atomic E-state index is 14.3. The summed E-state index contributed by atoms with van der Waals surface area (Å²) in [6.45, 7) is 7.22. The lowest BCUT2D eigenvalue weighted by Crippen LogP contribution is -2.67. The van der Waals surface area contributed by atoms with Crippen LogP contribution in [0.15, 0.2) is 36.4 Å². The van der Waals surface area contributed by atoms with Gasteiger partial charge in [-0.25, -0.2) is 8.78 Å². The van der Waals surface area contributed by atoms with Gasteiger partial charge in [0.15, 0.2) is 0 Å². The van der Waals surface area contributed by atoms with Crippen molar-refractivity contribution in [1.82, 2.24) is 20.9 Å². The standard InChI is InChI=1S/C34H40F5N5O3S/c1-5-17(3)27(30(40)48)43-32(47)33(14-13-25-21(16-33)19-9-7-10-22(29(19)41-25)34(37,38)39)44-31(46)28(18(4)6-2)42-26(45)15-20-23(35)11-8-12-24(20)36/h7-12,17-18,27-28,41H,5-6,13-16H2,1-4H3,(H2,40,48)(H,42,45)(H,43,47)(H,44,46)/t17?,18?,27-,28-,33+/m0/s1. The number of carbonyl (C=O) groups is 3. The lowest BCUT2D eigenvalue weighted by atomic mass is 9.78. The molecule has 0 aliphatic heterocycles. The molecule has 2 unspecified atom stereocenters. The summed E-state index contributed by atoms with van der Waals surface area (Å²) < 4.78 is 70.3. The second-order valence-electron chi connectivity index (χ2n) is 12.6. The number of para-hydroxylation sites is 1. The van der Waals surface area contributed by atoms with Gasteiger partial charge in [0.25, 0.3) is 0 Å². The molecule has 0 saturated heterocycles. The van der Waals surface area contributed by atoms with Crippen LogP contribution in [0.5, 0.6) is 0 Å². The van der Waals surface area contributed by atoms with E-state index in [1.165, 1.54) is 18.2 Å². The number of nitrogens with two attached hydrogens (primary N) is 1. The van der Waals surface area contributed by atoms with Crippen LogP contribution in [0.1, 0.15) is 69.3 Å². The smallest absolute Gasteiger partial charge is 0.392 e. The molecule has 3 amide bonds. The minimum absolute atomic E-state index is 0.00207. The topological polar surface area (TPSA) is 129 Å². The predicted octanol–water partition coefficient (Wildman–Crippen LogP) is 5.40. The number of carbonyl (C=O) groups excluding carboxylic acids is 3. The lowest BCUT2D eigenvalue weighted by Gasteiger charge is -2.40. The van der Waals surface area contributed by atoms with Gasteiger partial charge >= 0.3 is 6.18 Å². The van der Waals surface area contributed by atoms with E-state index in [-0.39, 0.29) is 41.1 Å². The Bertz CT molecular complexity index is 1690. The van der Waals surface area contributed by atoms with Gasteiger partial charge in [-0.3, -0.25) is 14.4 Å². The van der Waals surface area contributed by atoms with Crippen LogP contribution in [0.25, 0.3) is 10.9 Å². The largest absolute Gasteiger partial charge is 0.418 e. The molecule has 14 heteroatoms. The van der Waals surface area contributed by atoms with Crippen LogP contribution >= 0.6 is 12.2 Å². The molecule has 5 atom stereocenters. The molecule has 260 valence electrons. The van der Waals surface area contributed by atoms with Gasteiger partial charge in [0.1, 0.15) is 23.2 Å². The number of aromatic amines is 1. The fourth-order valence-electron chi connectivity index (χ4n) is 6.18. The van der Waals surface area contributed by atoms with Crippen molar-refractivity contribution < 1.29 is 36.3 Å². The zero-order valence-corrected chi connectivity index (χ0v) is 27.9. The van der Waals surface area contributed by atoms with E-state index in [1.54, 1.807) is 13.8 Å². The number of hydrogen-bond acceptors (Lipinski definition) is 4. The molecule has 8 nitrogen and oxygen atoms in total. The summed E-state index contributed by atoms with van der Waals surface area (Å²) in [6, 6.07) is 5.03. The van der Waals surface area contributed by atoms with Gasteiger partial charge in [0.05, 0.1) is 28.5 Å². The molecule has 2 aromatic carbocycles. The van der Waals surface area contributed by atoms with E-state index in [4.69, 9.17) is 18.0 Å². The number of aryl methyl sites for hydroxylation is 1. The van der Waals surface area contributed by atoms with E-state index in [0.717, 1.165) is 18.2 Å². The fraction of sp³-hybridized carbons (Fsp3) is 0.471. The Morgan fingerprint density at radius 3 is 2.17 bits per heavy atom. The number of halogens is 5. The molecule has 1 heterocycles. The molecule has 0 fully saturated rings. The zero-order chi connectivity index (χ0) is 35.6. The number of amides is 3. The monoisotopic (exact) mass is 693 g/mol. The van der Waals surface area contributed by atoms with Gasteiger partial charge in [-0.1, -0.05) is 71.0 Å². The van der Waals surface area contributed by atoms with Crippen molar-refractivity contribution in [2.24, 2.45) is 17.6 Å². The lowest BCUT2D eigenvalue weighted by molar-refractivity contribution is -0.137. The molecule has 1 aliphatic rings. The Labute approximate surface area is 280 Å². The molecule has 0 radical (unpaired) electrons. The quantitative estimate of drug-likeness (QED) is 0.128. The highest BCUT2D eigenvalue weighted by Gasteiger charge is 2.47. The van der Waals surface area contributed by atoms with E-state index in [9.17, 15) is 36.3 Å². The summed E-state index contributed by atoms with van der Waals surface area (Å²) in [6.07, 6.45) is -4.35. The van der Waals surface area contributed by atoms with Gasteiger partial charge in [-0.2, -0.15) is 13.2 Å². The molecule has 3 aromatic rings. The number of fused-ring (bicyclic) bond motifs is 3. The second kappa shape index (κ2) is 14.6. The Morgan fingerprint density at radius 1 is 0.979 bits per heavy atom. The predicted molar refractivity (Wildman–Crippen MR) is 176 cm³/mol. The van der Waals surface area contributed by atoms with Crippen molar-refractivity contribution in [3.05, 3.63) is 70.4 Å². The molecular formula is C34H40F5N5O3S. The number of H-pyrrole nitrogens is 1. The van der Waals surface area contributed by atoms with Crippen molar-refractivity contribution in [3.63, 3.8) is 0 Å². The van der Waals surface area contributed by atoms with Gasteiger partial charge in [-0.05, 0) is 48.4 Å². The van der Waals surface area contributed by atoms with Crippen LogP contribution in [0.4, 0.5) is 22.0 Å². The first-order valence-corrected chi connectivity index (χ1v) is 16.3. The molecule has 0 spiro atoms. The number of rotatable bonds is 12. The van der Waals surface area contributed by atoms with Crippen LogP contribution < -0.4 is 21.7 Å². The molecule has 0 saturated carbocycles. The van der Waals surface area contributed by atoms with Gasteiger partial charge in [0.2, 0.25) is 17.7 Å². The summed E-state index contributed by atoms with van der Waals surface area (Å²) in [5.74, 6) is -4.67. The highest BCUT2D eigenvalue weighted by molar-refractivity contribution is 7.80. The third-order valence-corrected chi connectivity index (χ3v) is 9.68. The van der Waals surface area contributed by atoms with Gasteiger partial charge in [-0.15, -0.1) is 0 Å². The van der Waals surface area contributed by atoms with Crippen molar-refractivity contribution in [2.45, 2.75) is 90.0 Å². The highest BCUT2D eigenvalue weighted by Crippen LogP contribution is 2.40. The van der Waals surface area contributed by atoms with Crippen molar-refractivity contribution >= 4 is 45.8 Å². The maximum absolute atomic E-state index is 14.3. The Kier molecular flexibility index (Phi) is 11.2. The van der Waals surface area contributed by atoms with Crippen LogP contribution in [-0.4, -0.2) is 45.3 Å². The van der Waals surface area contributed by atoms with E-state index < -0.39 is 76.6 Å². The number of aromatic nitrogens is 1. The summed E-state index contributed by atoms with van der Waals surface area (Å²) >= 11 is 5.24. The first-order chi connectivity index (χ1) is 22.5. The Morgan fingerprint density at radius 2 is 1.58 bits per heavy atom. The molecule has 1 aromatic heterocycles. The highest BCUT2D eigenvalue weighted by atomic mass is 32.1. The minimum atomic E-state index is -4.64. The van der Waals surface area contributed by atoms with E-state index in [1.807, 2.05) is 13.8 Å². The Hall–Kier alpha value is -4.07. The number of nitrogens with one attached hydrogen (secondary N) is 4. The van der Waals surface area contributed by atoms with Crippen molar-refractivity contribution in [1.29, 1.82) is 0 Å². The summed E-state index contributed by atoms with van der Waals surface area (Å²) in [4.78, 5) is 44.3. The molecule has 4 rings (SSSR count). The molecular weight excluding hydrogens is 653 g/mol. The average molecular weight is 694 g/mol. The van der Waals surface area contributed by atoms with E-state index in [0.29, 0.717) is 24.1 Å². The van der Waals surface area contributed by atoms with Crippen LogP contribution in [0, 0.1) is 23.5 Å². The number of alkyl halides is 3. The Balaban J connectivity index is 1.73. The SMILES string of the molecule is CCC(C)[C@H](NC(=O)Cc1c(F)cccc1F)C(=O)N[C@]1(C(=O)N[C@H](C(N)=S)C(C)CC)CCc2[nH]c3c(C(F)(F)F)cccc3c2C1. The summed E-state index contributed by atoms with van der Waals surface area (Å²) in [7, 11) is 0. The molecule has 0 bridgehead atoms. The number of hydrogen-bond donors (Lipinski definition) is 5. The summed E-state index contributed by atoms with van der Waals surface area (Å²) in [5.41, 5.74) is 3.81. The molecule has 6 N–H and O–H groups in total. The van der Waals surface area contributed by atoms with Crippen molar-refractivity contribution in [3.8, 4) is 0 Å². The normalized spacial score (nSPS) is 18.7. The van der Waals surface area contributed by atoms with Gasteiger partial charge < -0.3 is 26.7 Å². The first kappa shape index (κ1) is 36.8. The average Bonchev–Trinajstić information content (AvgIpc) is 3.40. The molecule has 1 aliphatic carbocycles. The third-order valence-electron chi connectivity index (χ3n) is 9.43. The summed E-state index contributed by atoms with van der Waals surface area (Å²) in [5, 5.41) is 8.57. The van der Waals surface area contributed by atoms with E-state index in [2.05, 4.69) is 20.9 Å².